The molecule has 1 aliphatic carbocycles. The monoisotopic (exact) mass is 253 g/mol. The second kappa shape index (κ2) is 7.10. The van der Waals surface area contributed by atoms with E-state index >= 15 is 0 Å². The molecule has 1 atom stereocenters. The molecule has 4 nitrogen and oxygen atoms in total. The fourth-order valence-electron chi connectivity index (χ4n) is 2.64. The van der Waals surface area contributed by atoms with Crippen molar-refractivity contribution >= 4 is 5.91 Å². The van der Waals surface area contributed by atoms with E-state index in [1.54, 1.807) is 0 Å². The molecule has 2 rings (SSSR count). The number of rotatable bonds is 7. The Morgan fingerprint density at radius 3 is 2.83 bits per heavy atom. The van der Waals surface area contributed by atoms with Gasteiger partial charge in [-0.1, -0.05) is 6.92 Å². The zero-order valence-corrected chi connectivity index (χ0v) is 11.6. The molecule has 0 aromatic carbocycles. The summed E-state index contributed by atoms with van der Waals surface area (Å²) in [5.74, 6) is 0.978. The lowest BCUT2D eigenvalue weighted by Gasteiger charge is -2.34. The van der Waals surface area contributed by atoms with E-state index in [-0.39, 0.29) is 5.91 Å². The molecule has 0 aromatic rings. The second-order valence-corrected chi connectivity index (χ2v) is 5.72. The number of hydrogen-bond donors (Lipinski definition) is 2. The van der Waals surface area contributed by atoms with Gasteiger partial charge in [0.1, 0.15) is 0 Å². The molecule has 2 N–H and O–H groups in total. The summed E-state index contributed by atoms with van der Waals surface area (Å²) in [4.78, 5) is 14.3. The minimum atomic E-state index is 0.209. The van der Waals surface area contributed by atoms with Gasteiger partial charge in [-0.15, -0.1) is 0 Å². The van der Waals surface area contributed by atoms with Crippen molar-refractivity contribution in [1.29, 1.82) is 0 Å². The summed E-state index contributed by atoms with van der Waals surface area (Å²) >= 11 is 0. The zero-order chi connectivity index (χ0) is 12.8. The minimum absolute atomic E-state index is 0.209. The first-order chi connectivity index (χ1) is 8.79. The van der Waals surface area contributed by atoms with Crippen LogP contribution >= 0.6 is 0 Å². The fraction of sp³-hybridized carbons (Fsp3) is 0.929. The smallest absolute Gasteiger partial charge is 0.234 e. The van der Waals surface area contributed by atoms with E-state index in [4.69, 9.17) is 0 Å². The highest BCUT2D eigenvalue weighted by atomic mass is 16.2. The number of amides is 1. The molecule has 0 bridgehead atoms. The zero-order valence-electron chi connectivity index (χ0n) is 11.6. The van der Waals surface area contributed by atoms with E-state index in [0.717, 1.165) is 38.5 Å². The normalized spacial score (nSPS) is 24.2. The Balaban J connectivity index is 1.74. The fourth-order valence-corrected chi connectivity index (χ4v) is 2.64. The minimum Gasteiger partial charge on any atom is -0.355 e. The first-order valence-corrected chi connectivity index (χ1v) is 7.51. The van der Waals surface area contributed by atoms with Gasteiger partial charge in [0, 0.05) is 19.1 Å². The van der Waals surface area contributed by atoms with E-state index < -0.39 is 0 Å². The number of nitrogens with zero attached hydrogens (tertiary/aromatic N) is 1. The van der Waals surface area contributed by atoms with Crippen LogP contribution in [0.5, 0.6) is 0 Å². The van der Waals surface area contributed by atoms with Crippen LogP contribution in [0.15, 0.2) is 0 Å². The summed E-state index contributed by atoms with van der Waals surface area (Å²) in [6, 6.07) is 0.547. The molecule has 1 amide bonds. The van der Waals surface area contributed by atoms with Crippen molar-refractivity contribution in [3.05, 3.63) is 0 Å². The first-order valence-electron chi connectivity index (χ1n) is 7.51. The lowest BCUT2D eigenvalue weighted by Crippen LogP contribution is -2.49. The lowest BCUT2D eigenvalue weighted by molar-refractivity contribution is -0.123. The molecule has 1 saturated heterocycles. The van der Waals surface area contributed by atoms with Crippen molar-refractivity contribution < 1.29 is 4.79 Å². The van der Waals surface area contributed by atoms with Crippen molar-refractivity contribution in [2.24, 2.45) is 5.92 Å². The molecule has 2 aliphatic rings. The van der Waals surface area contributed by atoms with Gasteiger partial charge in [-0.3, -0.25) is 9.69 Å². The van der Waals surface area contributed by atoms with Crippen molar-refractivity contribution in [3.63, 3.8) is 0 Å². The molecule has 1 aliphatic heterocycles. The van der Waals surface area contributed by atoms with Gasteiger partial charge >= 0.3 is 0 Å². The quantitative estimate of drug-likeness (QED) is 0.711. The molecule has 0 radical (unpaired) electrons. The largest absolute Gasteiger partial charge is 0.355 e. The molecule has 0 spiro atoms. The van der Waals surface area contributed by atoms with Gasteiger partial charge in [0.15, 0.2) is 0 Å². The molecule has 4 heteroatoms. The molecule has 0 aromatic heterocycles. The third-order valence-electron chi connectivity index (χ3n) is 3.93. The van der Waals surface area contributed by atoms with Crippen molar-refractivity contribution in [1.82, 2.24) is 15.5 Å². The van der Waals surface area contributed by atoms with Gasteiger partial charge in [-0.25, -0.2) is 0 Å². The molecule has 1 heterocycles. The van der Waals surface area contributed by atoms with Crippen molar-refractivity contribution in [2.75, 3.05) is 32.7 Å². The van der Waals surface area contributed by atoms with Crippen LogP contribution in [0.3, 0.4) is 0 Å². The summed E-state index contributed by atoms with van der Waals surface area (Å²) in [5, 5.41) is 6.51. The van der Waals surface area contributed by atoms with Crippen LogP contribution < -0.4 is 10.6 Å². The third kappa shape index (κ3) is 4.58. The maximum atomic E-state index is 11.9. The van der Waals surface area contributed by atoms with E-state index in [0.29, 0.717) is 12.6 Å². The van der Waals surface area contributed by atoms with Crippen molar-refractivity contribution in [3.8, 4) is 0 Å². The molecule has 18 heavy (non-hydrogen) atoms. The van der Waals surface area contributed by atoms with Crippen LogP contribution in [-0.4, -0.2) is 49.6 Å². The Morgan fingerprint density at radius 2 is 2.22 bits per heavy atom. The van der Waals surface area contributed by atoms with Crippen molar-refractivity contribution in [2.45, 2.75) is 45.1 Å². The summed E-state index contributed by atoms with van der Waals surface area (Å²) < 4.78 is 0. The molecule has 1 saturated carbocycles. The highest BCUT2D eigenvalue weighted by Gasteiger charge is 2.24. The maximum Gasteiger partial charge on any atom is 0.234 e. The molecular weight excluding hydrogens is 226 g/mol. The Hall–Kier alpha value is -0.610. The lowest BCUT2D eigenvalue weighted by atomic mass is 10.1. The second-order valence-electron chi connectivity index (χ2n) is 5.72. The number of hydrogen-bond acceptors (Lipinski definition) is 3. The average molecular weight is 253 g/mol. The summed E-state index contributed by atoms with van der Waals surface area (Å²) in [7, 11) is 0. The van der Waals surface area contributed by atoms with Crippen LogP contribution in [-0.2, 0) is 4.79 Å². The summed E-state index contributed by atoms with van der Waals surface area (Å²) in [6.07, 6.45) is 6.17. The van der Waals surface area contributed by atoms with Crippen LogP contribution in [0.4, 0.5) is 0 Å². The number of carbonyl (C=O) groups is 1. The van der Waals surface area contributed by atoms with Gasteiger partial charge in [-0.05, 0) is 51.1 Å². The predicted octanol–water partition coefficient (Wildman–Crippen LogP) is 0.977. The average Bonchev–Trinajstić information content (AvgIpc) is 3.21. The van der Waals surface area contributed by atoms with Gasteiger partial charge in [0.25, 0.3) is 0 Å². The van der Waals surface area contributed by atoms with E-state index in [2.05, 4.69) is 22.5 Å². The number of nitrogens with one attached hydrogen (secondary N) is 2. The van der Waals surface area contributed by atoms with Crippen LogP contribution in [0.25, 0.3) is 0 Å². The Bertz CT molecular complexity index is 260. The van der Waals surface area contributed by atoms with E-state index in [1.165, 1.54) is 25.7 Å². The van der Waals surface area contributed by atoms with Crippen LogP contribution in [0.2, 0.25) is 0 Å². The maximum absolute atomic E-state index is 11.9. The molecular formula is C14H27N3O. The highest BCUT2D eigenvalue weighted by Crippen LogP contribution is 2.27. The van der Waals surface area contributed by atoms with Gasteiger partial charge in [-0.2, -0.15) is 0 Å². The topological polar surface area (TPSA) is 44.4 Å². The Kier molecular flexibility index (Phi) is 5.45. The van der Waals surface area contributed by atoms with Gasteiger partial charge < -0.3 is 10.6 Å². The molecule has 1 unspecified atom stereocenters. The summed E-state index contributed by atoms with van der Waals surface area (Å²) in [6.45, 7) is 6.85. The van der Waals surface area contributed by atoms with Crippen LogP contribution in [0, 0.1) is 5.92 Å². The Morgan fingerprint density at radius 1 is 1.39 bits per heavy atom. The standard InChI is InChI=1S/C14H27N3O/c1-2-8-17(13-4-3-7-15-10-13)11-14(18)16-9-12-5-6-12/h12-13,15H,2-11H2,1H3,(H,16,18). The van der Waals surface area contributed by atoms with E-state index in [9.17, 15) is 4.79 Å². The number of carbonyl (C=O) groups excluding carboxylic acids is 1. The first kappa shape index (κ1) is 13.8. The summed E-state index contributed by atoms with van der Waals surface area (Å²) in [5.41, 5.74) is 0. The van der Waals surface area contributed by atoms with Gasteiger partial charge in [0.05, 0.1) is 6.54 Å². The molecule has 2 fully saturated rings. The number of piperidine rings is 1. The SMILES string of the molecule is CCCN(CC(=O)NCC1CC1)C1CCCNC1. The highest BCUT2D eigenvalue weighted by molar-refractivity contribution is 5.78. The van der Waals surface area contributed by atoms with E-state index in [1.807, 2.05) is 0 Å². The third-order valence-corrected chi connectivity index (χ3v) is 3.93. The Labute approximate surface area is 110 Å². The van der Waals surface area contributed by atoms with Gasteiger partial charge in [0.2, 0.25) is 5.91 Å². The van der Waals surface area contributed by atoms with Crippen LogP contribution in [0.1, 0.15) is 39.0 Å². The predicted molar refractivity (Wildman–Crippen MR) is 73.5 cm³/mol. The molecule has 104 valence electrons.